The molecule has 0 saturated heterocycles. The monoisotopic (exact) mass is 518 g/mol. The van der Waals surface area contributed by atoms with Gasteiger partial charge >= 0.3 is 6.18 Å². The Morgan fingerprint density at radius 3 is 2.29 bits per heavy atom. The number of nitrogens with two attached hydrogens (primary N) is 1. The summed E-state index contributed by atoms with van der Waals surface area (Å²) in [6.45, 7) is 9.56. The molecule has 0 radical (unpaired) electrons. The van der Waals surface area contributed by atoms with E-state index in [1.165, 1.54) is 12.1 Å². The summed E-state index contributed by atoms with van der Waals surface area (Å²) in [6, 6.07) is 6.74. The van der Waals surface area contributed by atoms with Crippen LogP contribution >= 0.6 is 24.8 Å². The minimum atomic E-state index is -4.38. The van der Waals surface area contributed by atoms with Gasteiger partial charge in [0.2, 0.25) is 0 Å². The third-order valence-electron chi connectivity index (χ3n) is 5.45. The van der Waals surface area contributed by atoms with E-state index in [2.05, 4.69) is 45.9 Å². The fraction of sp³-hybridized carbons (Fsp3) is 0.435. The van der Waals surface area contributed by atoms with Crippen molar-refractivity contribution in [2.75, 3.05) is 30.7 Å². The smallest absolute Gasteiger partial charge is 0.384 e. The minimum Gasteiger partial charge on any atom is -0.384 e. The Balaban J connectivity index is 0.00000289. The molecule has 2 aromatic heterocycles. The number of benzene rings is 1. The summed E-state index contributed by atoms with van der Waals surface area (Å²) in [7, 11) is 0. The van der Waals surface area contributed by atoms with Gasteiger partial charge in [0.25, 0.3) is 0 Å². The molecule has 0 aliphatic rings. The van der Waals surface area contributed by atoms with E-state index in [9.17, 15) is 13.2 Å². The zero-order chi connectivity index (χ0) is 23.3. The average Bonchev–Trinajstić information content (AvgIpc) is 2.75. The van der Waals surface area contributed by atoms with Crippen LogP contribution in [0, 0.1) is 0 Å². The van der Waals surface area contributed by atoms with Gasteiger partial charge in [-0.15, -0.1) is 24.8 Å². The van der Waals surface area contributed by atoms with E-state index < -0.39 is 11.7 Å². The van der Waals surface area contributed by atoms with E-state index in [4.69, 9.17) is 5.73 Å². The van der Waals surface area contributed by atoms with Crippen LogP contribution in [0.5, 0.6) is 0 Å². The maximum atomic E-state index is 12.8. The topological polar surface area (TPSA) is 80.0 Å². The standard InChI is InChI=1S/C23H29F3N6.2ClH/c1-4-32(5-2)12-6-7-15(3)29-18-13-20(27)31-22-21(18)28-14-19(30-22)16-8-10-17(11-9-16)23(24,25)26;;/h8-11,13-15H,4-7,12H2,1-3H3,(H3,27,29,30,31);2*1H. The molecule has 2 heterocycles. The Morgan fingerprint density at radius 1 is 1.06 bits per heavy atom. The van der Waals surface area contributed by atoms with Crippen LogP contribution in [-0.4, -0.2) is 45.5 Å². The molecule has 0 aliphatic carbocycles. The lowest BCUT2D eigenvalue weighted by molar-refractivity contribution is -0.137. The van der Waals surface area contributed by atoms with Crippen molar-refractivity contribution in [3.05, 3.63) is 42.1 Å². The SMILES string of the molecule is CCN(CC)CCCC(C)Nc1cc(N)nc2nc(-c3ccc(C(F)(F)F)cc3)cnc12.Cl.Cl. The molecule has 1 unspecified atom stereocenters. The van der Waals surface area contributed by atoms with Crippen LogP contribution in [0.4, 0.5) is 24.7 Å². The summed E-state index contributed by atoms with van der Waals surface area (Å²) >= 11 is 0. The fourth-order valence-corrected chi connectivity index (χ4v) is 3.60. The summed E-state index contributed by atoms with van der Waals surface area (Å²) < 4.78 is 38.4. The highest BCUT2D eigenvalue weighted by atomic mass is 35.5. The zero-order valence-corrected chi connectivity index (χ0v) is 21.0. The van der Waals surface area contributed by atoms with Crippen LogP contribution in [0.15, 0.2) is 36.5 Å². The van der Waals surface area contributed by atoms with Crippen LogP contribution in [0.1, 0.15) is 39.2 Å². The molecule has 1 aromatic carbocycles. The second-order valence-electron chi connectivity index (χ2n) is 7.81. The van der Waals surface area contributed by atoms with Gasteiger partial charge in [0.15, 0.2) is 5.65 Å². The number of aromatic nitrogens is 3. The summed E-state index contributed by atoms with van der Waals surface area (Å²) in [4.78, 5) is 15.6. The third-order valence-corrected chi connectivity index (χ3v) is 5.45. The molecule has 6 nitrogen and oxygen atoms in total. The van der Waals surface area contributed by atoms with Crippen molar-refractivity contribution in [2.24, 2.45) is 0 Å². The minimum absolute atomic E-state index is 0. The number of nitrogens with one attached hydrogen (secondary N) is 1. The predicted molar refractivity (Wildman–Crippen MR) is 137 cm³/mol. The quantitative estimate of drug-likeness (QED) is 0.358. The third kappa shape index (κ3) is 7.58. The second kappa shape index (κ2) is 12.9. The molecule has 0 bridgehead atoms. The molecule has 0 spiro atoms. The summed E-state index contributed by atoms with van der Waals surface area (Å²) in [6.07, 6.45) is -0.791. The van der Waals surface area contributed by atoms with Crippen LogP contribution in [0.25, 0.3) is 22.4 Å². The largest absolute Gasteiger partial charge is 0.416 e. The molecule has 3 rings (SSSR count). The number of alkyl halides is 3. The normalized spacial score (nSPS) is 12.2. The van der Waals surface area contributed by atoms with Crippen molar-refractivity contribution in [1.82, 2.24) is 19.9 Å². The van der Waals surface area contributed by atoms with Crippen molar-refractivity contribution >= 4 is 47.5 Å². The molecule has 34 heavy (non-hydrogen) atoms. The van der Waals surface area contributed by atoms with Crippen LogP contribution in [0.2, 0.25) is 0 Å². The molecule has 11 heteroatoms. The van der Waals surface area contributed by atoms with Crippen molar-refractivity contribution in [3.8, 4) is 11.3 Å². The highest BCUT2D eigenvalue weighted by molar-refractivity contribution is 5.88. The first-order chi connectivity index (χ1) is 15.2. The first kappa shape index (κ1) is 29.7. The number of fused-ring (bicyclic) bond motifs is 1. The van der Waals surface area contributed by atoms with Gasteiger partial charge in [-0.25, -0.2) is 15.0 Å². The lowest BCUT2D eigenvalue weighted by Gasteiger charge is -2.20. The molecule has 1 atom stereocenters. The molecule has 0 amide bonds. The van der Waals surface area contributed by atoms with E-state index in [0.717, 1.165) is 50.3 Å². The van der Waals surface area contributed by atoms with E-state index in [-0.39, 0.29) is 30.9 Å². The summed E-state index contributed by atoms with van der Waals surface area (Å²) in [5.74, 6) is 0.300. The fourth-order valence-electron chi connectivity index (χ4n) is 3.60. The summed E-state index contributed by atoms with van der Waals surface area (Å²) in [5, 5.41) is 3.45. The van der Waals surface area contributed by atoms with E-state index in [1.807, 2.05) is 0 Å². The van der Waals surface area contributed by atoms with Crippen LogP contribution in [0.3, 0.4) is 0 Å². The average molecular weight is 519 g/mol. The van der Waals surface area contributed by atoms with Crippen LogP contribution in [-0.2, 0) is 6.18 Å². The zero-order valence-electron chi connectivity index (χ0n) is 19.4. The number of rotatable bonds is 9. The number of hydrogen-bond donors (Lipinski definition) is 2. The Hall–Kier alpha value is -2.36. The Bertz CT molecular complexity index is 1040. The van der Waals surface area contributed by atoms with Gasteiger partial charge in [-0.2, -0.15) is 13.2 Å². The molecular formula is C23H31Cl2F3N6. The van der Waals surface area contributed by atoms with E-state index in [0.29, 0.717) is 28.2 Å². The maximum Gasteiger partial charge on any atom is 0.416 e. The Kier molecular flexibility index (Phi) is 11.3. The lowest BCUT2D eigenvalue weighted by atomic mass is 10.1. The van der Waals surface area contributed by atoms with Crippen molar-refractivity contribution < 1.29 is 13.2 Å². The lowest BCUT2D eigenvalue weighted by Crippen LogP contribution is -2.25. The molecule has 0 fully saturated rings. The predicted octanol–water partition coefficient (Wildman–Crippen LogP) is 6.06. The Labute approximate surface area is 210 Å². The van der Waals surface area contributed by atoms with Crippen molar-refractivity contribution in [2.45, 2.75) is 45.8 Å². The molecule has 188 valence electrons. The van der Waals surface area contributed by atoms with Gasteiger partial charge in [-0.3, -0.25) is 0 Å². The van der Waals surface area contributed by atoms with Gasteiger partial charge < -0.3 is 16.0 Å². The molecule has 0 aliphatic heterocycles. The number of nitrogen functional groups attached to an aromatic ring is 1. The first-order valence-corrected chi connectivity index (χ1v) is 10.8. The Morgan fingerprint density at radius 2 is 1.71 bits per heavy atom. The van der Waals surface area contributed by atoms with Gasteiger partial charge in [-0.05, 0) is 51.5 Å². The van der Waals surface area contributed by atoms with E-state index in [1.54, 1.807) is 12.3 Å². The summed E-state index contributed by atoms with van der Waals surface area (Å²) in [5.41, 5.74) is 7.90. The van der Waals surface area contributed by atoms with E-state index >= 15 is 0 Å². The number of hydrogen-bond acceptors (Lipinski definition) is 6. The van der Waals surface area contributed by atoms with Gasteiger partial charge in [0, 0.05) is 17.7 Å². The number of pyridine rings is 1. The van der Waals surface area contributed by atoms with Gasteiger partial charge in [0.1, 0.15) is 11.3 Å². The number of anilines is 2. The van der Waals surface area contributed by atoms with Gasteiger partial charge in [-0.1, -0.05) is 26.0 Å². The molecule has 3 aromatic rings. The molecular weight excluding hydrogens is 488 g/mol. The maximum absolute atomic E-state index is 12.8. The first-order valence-electron chi connectivity index (χ1n) is 10.8. The van der Waals surface area contributed by atoms with Crippen molar-refractivity contribution in [3.63, 3.8) is 0 Å². The molecule has 3 N–H and O–H groups in total. The highest BCUT2D eigenvalue weighted by Crippen LogP contribution is 2.31. The van der Waals surface area contributed by atoms with Crippen molar-refractivity contribution in [1.29, 1.82) is 0 Å². The highest BCUT2D eigenvalue weighted by Gasteiger charge is 2.30. The second-order valence-corrected chi connectivity index (χ2v) is 7.81. The number of nitrogens with zero attached hydrogens (tertiary/aromatic N) is 4. The number of halogens is 5. The van der Waals surface area contributed by atoms with Gasteiger partial charge in [0.05, 0.1) is 23.1 Å². The molecule has 0 saturated carbocycles. The van der Waals surface area contributed by atoms with Crippen LogP contribution < -0.4 is 11.1 Å².